The topological polar surface area (TPSA) is 59.2 Å². The predicted octanol–water partition coefficient (Wildman–Crippen LogP) is 5.56. The monoisotopic (exact) mass is 439 g/mol. The number of rotatable bonds is 3. The van der Waals surface area contributed by atoms with E-state index in [1.54, 1.807) is 23.1 Å². The molecule has 0 bridgehead atoms. The van der Waals surface area contributed by atoms with Crippen molar-refractivity contribution < 1.29 is 18.1 Å². The molecule has 1 amide bonds. The lowest BCUT2D eigenvalue weighted by atomic mass is 9.97. The Morgan fingerprint density at radius 3 is 2.87 bits per heavy atom. The Morgan fingerprint density at radius 2 is 2.03 bits per heavy atom. The summed E-state index contributed by atoms with van der Waals surface area (Å²) in [6.45, 7) is 2.96. The second kappa shape index (κ2) is 7.85. The number of carbonyl (C=O) groups excluding carboxylic acids is 1. The number of hydrogen-bond acceptors (Lipinski definition) is 5. The van der Waals surface area contributed by atoms with Gasteiger partial charge in [-0.05, 0) is 61.0 Å². The van der Waals surface area contributed by atoms with Crippen LogP contribution in [0.4, 0.5) is 8.78 Å². The highest BCUT2D eigenvalue weighted by atomic mass is 32.1. The molecule has 0 saturated carbocycles. The van der Waals surface area contributed by atoms with E-state index in [4.69, 9.17) is 4.52 Å². The highest BCUT2D eigenvalue weighted by Crippen LogP contribution is 2.34. The molecule has 1 saturated heterocycles. The minimum atomic E-state index is -0.364. The molecule has 1 aliphatic rings. The van der Waals surface area contributed by atoms with Gasteiger partial charge in [0.15, 0.2) is 0 Å². The van der Waals surface area contributed by atoms with Crippen molar-refractivity contribution in [3.63, 3.8) is 0 Å². The fourth-order valence-electron chi connectivity index (χ4n) is 4.05. The fourth-order valence-corrected chi connectivity index (χ4v) is 5.21. The van der Waals surface area contributed by atoms with Crippen LogP contribution < -0.4 is 0 Å². The average Bonchev–Trinajstić information content (AvgIpc) is 3.39. The standard InChI is InChI=1S/C23H19F2N3O2S/c1-13-18-11-17(25)7-8-19(18)31-20(13)23(29)28-9-3-5-15(12-28)22-26-21(27-30-22)14-4-2-6-16(24)10-14/h2,4,6-8,10-11,15H,3,5,9,12H2,1H3. The van der Waals surface area contributed by atoms with E-state index in [0.717, 1.165) is 28.5 Å². The van der Waals surface area contributed by atoms with Crippen LogP contribution in [0.25, 0.3) is 21.5 Å². The van der Waals surface area contributed by atoms with Crippen LogP contribution in [0.15, 0.2) is 47.0 Å². The summed E-state index contributed by atoms with van der Waals surface area (Å²) in [5, 5.41) is 4.77. The quantitative estimate of drug-likeness (QED) is 0.419. The van der Waals surface area contributed by atoms with Crippen molar-refractivity contribution in [3.8, 4) is 11.4 Å². The molecule has 158 valence electrons. The maximum absolute atomic E-state index is 13.6. The fraction of sp³-hybridized carbons (Fsp3) is 0.261. The predicted molar refractivity (Wildman–Crippen MR) is 114 cm³/mol. The molecule has 3 heterocycles. The molecule has 0 radical (unpaired) electrons. The van der Waals surface area contributed by atoms with Crippen molar-refractivity contribution in [1.29, 1.82) is 0 Å². The van der Waals surface area contributed by atoms with Crippen LogP contribution in [-0.2, 0) is 0 Å². The first kappa shape index (κ1) is 19.8. The van der Waals surface area contributed by atoms with Crippen molar-refractivity contribution in [1.82, 2.24) is 15.0 Å². The van der Waals surface area contributed by atoms with E-state index < -0.39 is 0 Å². The largest absolute Gasteiger partial charge is 0.339 e. The molecule has 0 spiro atoms. The Bertz CT molecular complexity index is 1280. The highest BCUT2D eigenvalue weighted by Gasteiger charge is 2.31. The van der Waals surface area contributed by atoms with Gasteiger partial charge in [-0.25, -0.2) is 8.78 Å². The number of fused-ring (bicyclic) bond motifs is 1. The number of thiophene rings is 1. The van der Waals surface area contributed by atoms with Gasteiger partial charge < -0.3 is 9.42 Å². The molecule has 4 aromatic rings. The first-order valence-corrected chi connectivity index (χ1v) is 10.9. The van der Waals surface area contributed by atoms with E-state index in [1.807, 2.05) is 6.92 Å². The lowest BCUT2D eigenvalue weighted by molar-refractivity contribution is 0.0700. The normalized spacial score (nSPS) is 16.7. The van der Waals surface area contributed by atoms with E-state index in [1.165, 1.54) is 35.6 Å². The molecule has 2 aromatic heterocycles. The first-order chi connectivity index (χ1) is 15.0. The highest BCUT2D eigenvalue weighted by molar-refractivity contribution is 7.21. The number of hydrogen-bond donors (Lipinski definition) is 0. The van der Waals surface area contributed by atoms with Gasteiger partial charge in [-0.3, -0.25) is 4.79 Å². The molecule has 1 unspecified atom stereocenters. The summed E-state index contributed by atoms with van der Waals surface area (Å²) in [6.07, 6.45) is 1.64. The zero-order valence-corrected chi connectivity index (χ0v) is 17.6. The van der Waals surface area contributed by atoms with E-state index >= 15 is 0 Å². The summed E-state index contributed by atoms with van der Waals surface area (Å²) in [7, 11) is 0. The van der Waals surface area contributed by atoms with E-state index in [9.17, 15) is 13.6 Å². The Hall–Kier alpha value is -3.13. The molecule has 2 aromatic carbocycles. The molecule has 0 N–H and O–H groups in total. The molecule has 1 atom stereocenters. The number of benzene rings is 2. The third-order valence-corrected chi connectivity index (χ3v) is 6.94. The van der Waals surface area contributed by atoms with Crippen LogP contribution in [0.1, 0.15) is 39.9 Å². The van der Waals surface area contributed by atoms with Crippen molar-refractivity contribution in [3.05, 3.63) is 70.4 Å². The summed E-state index contributed by atoms with van der Waals surface area (Å²) in [5.74, 6) is -0.0339. The van der Waals surface area contributed by atoms with Crippen LogP contribution in [-0.4, -0.2) is 34.0 Å². The number of halogens is 2. The van der Waals surface area contributed by atoms with Crippen molar-refractivity contribution in [2.24, 2.45) is 0 Å². The maximum Gasteiger partial charge on any atom is 0.264 e. The van der Waals surface area contributed by atoms with Gasteiger partial charge in [0.1, 0.15) is 11.6 Å². The van der Waals surface area contributed by atoms with Crippen LogP contribution in [0.5, 0.6) is 0 Å². The van der Waals surface area contributed by atoms with Gasteiger partial charge in [-0.1, -0.05) is 17.3 Å². The molecule has 1 aliphatic heterocycles. The zero-order chi connectivity index (χ0) is 21.5. The van der Waals surface area contributed by atoms with Crippen molar-refractivity contribution in [2.45, 2.75) is 25.7 Å². The van der Waals surface area contributed by atoms with E-state index in [2.05, 4.69) is 10.1 Å². The van der Waals surface area contributed by atoms with E-state index in [-0.39, 0.29) is 23.5 Å². The number of likely N-dealkylation sites (tertiary alicyclic amines) is 1. The summed E-state index contributed by atoms with van der Waals surface area (Å²) in [4.78, 5) is 20.1. The van der Waals surface area contributed by atoms with Gasteiger partial charge in [0, 0.05) is 23.4 Å². The second-order valence-electron chi connectivity index (χ2n) is 7.75. The van der Waals surface area contributed by atoms with Crippen molar-refractivity contribution >= 4 is 27.3 Å². The number of nitrogens with zero attached hydrogens (tertiary/aromatic N) is 3. The Kier molecular flexibility index (Phi) is 5.02. The first-order valence-electron chi connectivity index (χ1n) is 10.1. The lowest BCUT2D eigenvalue weighted by Crippen LogP contribution is -2.39. The number of piperidine rings is 1. The summed E-state index contributed by atoms with van der Waals surface area (Å²) in [6, 6.07) is 10.6. The van der Waals surface area contributed by atoms with Crippen molar-refractivity contribution in [2.75, 3.05) is 13.1 Å². The summed E-state index contributed by atoms with van der Waals surface area (Å²) in [5.41, 5.74) is 1.35. The Balaban J connectivity index is 1.37. The molecule has 5 nitrogen and oxygen atoms in total. The smallest absolute Gasteiger partial charge is 0.264 e. The van der Waals surface area contributed by atoms with Crippen LogP contribution in [0.3, 0.4) is 0 Å². The third kappa shape index (κ3) is 3.72. The molecule has 1 fully saturated rings. The molecular formula is C23H19F2N3O2S. The van der Waals surface area contributed by atoms with Gasteiger partial charge in [0.25, 0.3) is 5.91 Å². The van der Waals surface area contributed by atoms with Gasteiger partial charge in [-0.2, -0.15) is 4.98 Å². The molecule has 0 aliphatic carbocycles. The maximum atomic E-state index is 13.6. The Morgan fingerprint density at radius 1 is 1.19 bits per heavy atom. The molecular weight excluding hydrogens is 420 g/mol. The third-order valence-electron chi connectivity index (χ3n) is 5.67. The number of amides is 1. The van der Waals surface area contributed by atoms with Crippen LogP contribution >= 0.6 is 11.3 Å². The molecule has 31 heavy (non-hydrogen) atoms. The number of carbonyl (C=O) groups is 1. The van der Waals surface area contributed by atoms with Crippen LogP contribution in [0, 0.1) is 18.6 Å². The van der Waals surface area contributed by atoms with Gasteiger partial charge in [0.2, 0.25) is 11.7 Å². The average molecular weight is 439 g/mol. The minimum Gasteiger partial charge on any atom is -0.339 e. The summed E-state index contributed by atoms with van der Waals surface area (Å²) < 4.78 is 33.5. The Labute approximate surface area is 181 Å². The van der Waals surface area contributed by atoms with Crippen LogP contribution in [0.2, 0.25) is 0 Å². The second-order valence-corrected chi connectivity index (χ2v) is 8.81. The lowest BCUT2D eigenvalue weighted by Gasteiger charge is -2.30. The van der Waals surface area contributed by atoms with Gasteiger partial charge in [-0.15, -0.1) is 11.3 Å². The molecule has 8 heteroatoms. The molecule has 5 rings (SSSR count). The van der Waals surface area contributed by atoms with Gasteiger partial charge in [0.05, 0.1) is 10.8 Å². The van der Waals surface area contributed by atoms with Gasteiger partial charge >= 0.3 is 0 Å². The van der Waals surface area contributed by atoms with E-state index in [0.29, 0.717) is 35.2 Å². The zero-order valence-electron chi connectivity index (χ0n) is 16.8. The SMILES string of the molecule is Cc1c(C(=O)N2CCCC(c3nc(-c4cccc(F)c4)no3)C2)sc2ccc(F)cc12. The summed E-state index contributed by atoms with van der Waals surface area (Å²) >= 11 is 1.39. The minimum absolute atomic E-state index is 0.0614. The number of aryl methyl sites for hydroxylation is 1. The number of aromatic nitrogens is 2.